The molecule has 3 aromatic heterocycles. The molecular weight excluding hydrogens is 1470 g/mol. The van der Waals surface area contributed by atoms with E-state index in [2.05, 4.69) is 224 Å². The Morgan fingerprint density at radius 2 is 0.978 bits per heavy atom. The van der Waals surface area contributed by atoms with E-state index in [0.29, 0.717) is 34.6 Å². The molecule has 0 aliphatic carbocycles. The second kappa shape index (κ2) is 42.1. The molecule has 0 amide bonds. The Kier molecular flexibility index (Phi) is 35.8. The Bertz CT molecular complexity index is 3870. The van der Waals surface area contributed by atoms with E-state index < -0.39 is 9.84 Å². The first-order chi connectivity index (χ1) is 44.0. The molecule has 15 heteroatoms. The third kappa shape index (κ3) is 26.2. The third-order valence-electron chi connectivity index (χ3n) is 14.7. The van der Waals surface area contributed by atoms with E-state index in [1.807, 2.05) is 78.6 Å². The van der Waals surface area contributed by atoms with Crippen LogP contribution in [0.1, 0.15) is 118 Å². The maximum Gasteiger partial charge on any atom is 0.306 e. The topological polar surface area (TPSA) is 86.5 Å². The van der Waals surface area contributed by atoms with Gasteiger partial charge in [0.2, 0.25) is 9.84 Å². The van der Waals surface area contributed by atoms with Crippen molar-refractivity contribution in [3.8, 4) is 33.4 Å². The van der Waals surface area contributed by atoms with Crippen LogP contribution in [0.2, 0.25) is 0 Å². The number of aryl methyl sites for hydroxylation is 6. The van der Waals surface area contributed by atoms with E-state index in [1.165, 1.54) is 77.8 Å². The molecule has 5 nitrogen and oxygen atoms in total. The van der Waals surface area contributed by atoms with Crippen molar-refractivity contribution in [2.75, 3.05) is 12.4 Å². The fraction of sp³-hybridized carbons (Fsp3) is 0.286. The first-order valence-electron chi connectivity index (χ1n) is 31.4. The van der Waals surface area contributed by atoms with Crippen LogP contribution in [-0.2, 0) is 64.4 Å². The largest absolute Gasteiger partial charge is 0.465 e. The van der Waals surface area contributed by atoms with E-state index in [1.54, 1.807) is 47.4 Å². The zero-order valence-electron chi connectivity index (χ0n) is 54.0. The summed E-state index contributed by atoms with van der Waals surface area (Å²) in [5.74, 6) is 1.18. The lowest BCUT2D eigenvalue weighted by Crippen LogP contribution is -2.14. The maximum atomic E-state index is 13.0. The number of thiophene rings is 3. The van der Waals surface area contributed by atoms with Crippen molar-refractivity contribution in [3.63, 3.8) is 0 Å². The smallest absolute Gasteiger partial charge is 0.306 e. The number of esters is 1. The minimum Gasteiger partial charge on any atom is -0.465 e. The van der Waals surface area contributed by atoms with Crippen LogP contribution in [0.4, 0.5) is 0 Å². The number of carbonyl (C=O) groups is 1. The molecular formula is C77H87Br3ClNO4S6. The van der Waals surface area contributed by atoms with Crippen LogP contribution in [0, 0.1) is 5.92 Å². The van der Waals surface area contributed by atoms with Gasteiger partial charge in [-0.25, -0.2) is 8.42 Å². The predicted octanol–water partition coefficient (Wildman–Crippen LogP) is 25.0. The third-order valence-corrected chi connectivity index (χ3v) is 24.0. The maximum absolute atomic E-state index is 13.0. The number of sulfone groups is 1. The molecule has 0 fully saturated rings. The molecule has 0 bridgehead atoms. The Labute approximate surface area is 602 Å². The molecule has 0 spiro atoms. The van der Waals surface area contributed by atoms with Gasteiger partial charge in [0.25, 0.3) is 0 Å². The number of hydrogen-bond donors (Lipinski definition) is 1. The average molecular weight is 1560 g/mol. The van der Waals surface area contributed by atoms with Gasteiger partial charge >= 0.3 is 5.97 Å². The van der Waals surface area contributed by atoms with Gasteiger partial charge in [-0.3, -0.25) is 4.79 Å². The van der Waals surface area contributed by atoms with Crippen LogP contribution in [0.5, 0.6) is 0 Å². The van der Waals surface area contributed by atoms with E-state index >= 15 is 0 Å². The SMILES string of the molecule is CCCC(CC)COC(=O)CCSc1cc(CC)cc(-c2ccccc2)c1.CCc1cc(-c2ccccc2)cc(S(=O)(=O)c2ccc(CN)s2)c1.CCc1cc(Br)cc(Br)c1.CCc1cc(Sc2ccc(CC)s2)cc(-c2ccccc2)c1.CCc1ccc(Br)s1.Cl. The van der Waals surface area contributed by atoms with Gasteiger partial charge in [-0.2, -0.15) is 0 Å². The first-order valence-corrected chi connectivity index (χ1v) is 39.5. The summed E-state index contributed by atoms with van der Waals surface area (Å²) >= 11 is 18.8. The molecule has 3 heterocycles. The van der Waals surface area contributed by atoms with Gasteiger partial charge < -0.3 is 10.5 Å². The van der Waals surface area contributed by atoms with Crippen LogP contribution >= 0.6 is 118 Å². The monoisotopic (exact) mass is 1550 g/mol. The summed E-state index contributed by atoms with van der Waals surface area (Å²) in [6, 6.07) is 68.6. The average Bonchev–Trinajstić information content (AvgIpc) is 1.63. The summed E-state index contributed by atoms with van der Waals surface area (Å²) in [7, 11) is -3.53. The molecule has 488 valence electrons. The van der Waals surface area contributed by atoms with Gasteiger partial charge in [0.05, 0.1) is 25.9 Å². The van der Waals surface area contributed by atoms with Crippen LogP contribution in [0.25, 0.3) is 33.4 Å². The Hall–Kier alpha value is -4.55. The Morgan fingerprint density at radius 1 is 0.500 bits per heavy atom. The number of nitrogens with two attached hydrogens (primary N) is 1. The van der Waals surface area contributed by atoms with Crippen molar-refractivity contribution >= 4 is 134 Å². The minimum atomic E-state index is -3.53. The number of rotatable bonds is 23. The van der Waals surface area contributed by atoms with Gasteiger partial charge in [0, 0.05) is 45.7 Å². The molecule has 7 aromatic carbocycles. The van der Waals surface area contributed by atoms with Crippen LogP contribution in [0.3, 0.4) is 0 Å². The van der Waals surface area contributed by atoms with E-state index in [4.69, 9.17) is 10.5 Å². The van der Waals surface area contributed by atoms with Crippen LogP contribution < -0.4 is 5.73 Å². The number of halogens is 4. The molecule has 0 aliphatic heterocycles. The Morgan fingerprint density at radius 3 is 1.43 bits per heavy atom. The zero-order valence-corrected chi connectivity index (χ0v) is 64.5. The number of ether oxygens (including phenoxy) is 1. The van der Waals surface area contributed by atoms with Gasteiger partial charge in [0.15, 0.2) is 0 Å². The summed E-state index contributed by atoms with van der Waals surface area (Å²) in [5.41, 5.74) is 17.7. The lowest BCUT2D eigenvalue weighted by Gasteiger charge is -2.14. The molecule has 0 radical (unpaired) electrons. The molecule has 10 aromatic rings. The minimum absolute atomic E-state index is 0. The quantitative estimate of drug-likeness (QED) is 0.0504. The number of thioether (sulfide) groups is 1. The van der Waals surface area contributed by atoms with Gasteiger partial charge in [-0.1, -0.05) is 221 Å². The molecule has 10 rings (SSSR count). The van der Waals surface area contributed by atoms with E-state index in [0.717, 1.165) is 94.1 Å². The van der Waals surface area contributed by atoms with E-state index in [-0.39, 0.29) is 18.4 Å². The van der Waals surface area contributed by atoms with Crippen molar-refractivity contribution in [1.82, 2.24) is 0 Å². The summed E-state index contributed by atoms with van der Waals surface area (Å²) in [6.07, 6.45) is 10.0. The summed E-state index contributed by atoms with van der Waals surface area (Å²) in [6.45, 7) is 18.2. The second-order valence-electron chi connectivity index (χ2n) is 21.4. The fourth-order valence-corrected chi connectivity index (χ4v) is 18.1. The summed E-state index contributed by atoms with van der Waals surface area (Å²) in [4.78, 5) is 18.7. The van der Waals surface area contributed by atoms with Crippen molar-refractivity contribution in [2.45, 2.75) is 149 Å². The normalized spacial score (nSPS) is 11.0. The van der Waals surface area contributed by atoms with Crippen molar-refractivity contribution in [1.29, 1.82) is 0 Å². The highest BCUT2D eigenvalue weighted by atomic mass is 79.9. The summed E-state index contributed by atoms with van der Waals surface area (Å²) < 4.78 is 36.7. The molecule has 2 N–H and O–H groups in total. The van der Waals surface area contributed by atoms with Gasteiger partial charge in [0.1, 0.15) is 4.21 Å². The second-order valence-corrected chi connectivity index (χ2v) is 32.8. The lowest BCUT2D eigenvalue weighted by atomic mass is 10.0. The number of hydrogen-bond acceptors (Lipinski definition) is 10. The highest BCUT2D eigenvalue weighted by Crippen LogP contribution is 2.37. The Balaban J connectivity index is 0.000000220. The van der Waals surface area contributed by atoms with Gasteiger partial charge in [-0.05, 0) is 213 Å². The first kappa shape index (κ1) is 78.1. The van der Waals surface area contributed by atoms with E-state index in [9.17, 15) is 13.2 Å². The highest BCUT2D eigenvalue weighted by Gasteiger charge is 2.22. The van der Waals surface area contributed by atoms with Crippen LogP contribution in [0.15, 0.2) is 236 Å². The van der Waals surface area contributed by atoms with Gasteiger partial charge in [-0.15, -0.1) is 58.2 Å². The number of carbonyl (C=O) groups excluding carboxylic acids is 1. The zero-order chi connectivity index (χ0) is 65.5. The molecule has 1 unspecified atom stereocenters. The molecule has 0 saturated carbocycles. The molecule has 92 heavy (non-hydrogen) atoms. The van der Waals surface area contributed by atoms with Crippen molar-refractivity contribution < 1.29 is 17.9 Å². The van der Waals surface area contributed by atoms with Crippen molar-refractivity contribution in [2.24, 2.45) is 11.7 Å². The summed E-state index contributed by atoms with van der Waals surface area (Å²) in [5, 5.41) is 0. The highest BCUT2D eigenvalue weighted by molar-refractivity contribution is 9.11. The standard InChI is InChI=1S/C24H32O2S.C20H20S2.C19H19NO2S2.C8H8Br2.C6H7BrS.ClH/c1-4-10-19(5-2)18-26-24(25)13-14-27-23-16-20(6-3)15-22(17-23)21-11-8-7-9-12-21;1-3-15-12-17(16-8-6-5-7-9-16)14-19(13-15)22-20-11-10-18(4-2)21-20;1-2-14-10-16(15-6-4-3-5-7-15)12-18(11-14)24(21,22)19-9-8-17(13-20)23-19;1-2-6-3-7(9)5-8(10)4-6;1-2-5-3-4-6(7)8-5;/h7-9,11-12,15-17,19H,4-6,10,13-14,18H2,1-3H3;5-14H,3-4H2,1-2H3;3-12H,2,13,20H2,1H3;3-5H,2H2,1H3;3-4H,2H2,1H3;1H. The van der Waals surface area contributed by atoms with Crippen LogP contribution in [-0.4, -0.2) is 26.7 Å². The molecule has 0 aliphatic rings. The molecule has 0 saturated heterocycles. The lowest BCUT2D eigenvalue weighted by molar-refractivity contribution is -0.144. The number of benzene rings is 7. The van der Waals surface area contributed by atoms with Crippen molar-refractivity contribution in [3.05, 3.63) is 250 Å². The molecule has 1 atom stereocenters. The predicted molar refractivity (Wildman–Crippen MR) is 414 cm³/mol. The fourth-order valence-electron chi connectivity index (χ4n) is 9.44.